The van der Waals surface area contributed by atoms with Gasteiger partial charge in [-0.15, -0.1) is 0 Å². The van der Waals surface area contributed by atoms with Crippen LogP contribution in [0.25, 0.3) is 0 Å². The summed E-state index contributed by atoms with van der Waals surface area (Å²) in [4.78, 5) is 15.3. The number of halogens is 1. The Balaban J connectivity index is 1.97. The van der Waals surface area contributed by atoms with Crippen LogP contribution >= 0.6 is 15.9 Å². The van der Waals surface area contributed by atoms with Gasteiger partial charge in [0.15, 0.2) is 5.78 Å². The number of ketones is 1. The predicted octanol–water partition coefficient (Wildman–Crippen LogP) is 3.74. The van der Waals surface area contributed by atoms with E-state index >= 15 is 0 Å². The van der Waals surface area contributed by atoms with Crippen LogP contribution in [0.1, 0.15) is 19.4 Å². The first-order valence-corrected chi connectivity index (χ1v) is 8.84. The van der Waals surface area contributed by atoms with Gasteiger partial charge in [0.2, 0.25) is 0 Å². The van der Waals surface area contributed by atoms with Crippen molar-refractivity contribution in [2.45, 2.75) is 31.3 Å². The molecule has 2 aliphatic rings. The highest BCUT2D eigenvalue weighted by Gasteiger charge is 2.36. The zero-order chi connectivity index (χ0) is 16.4. The number of allylic oxidation sites excluding steroid dienone is 2. The molecule has 0 aromatic heterocycles. The Morgan fingerprint density at radius 3 is 2.70 bits per heavy atom. The zero-order valence-corrected chi connectivity index (χ0v) is 15.0. The lowest BCUT2D eigenvalue weighted by Gasteiger charge is -2.40. The van der Waals surface area contributed by atoms with Crippen LogP contribution in [0, 0.1) is 5.92 Å². The quantitative estimate of drug-likeness (QED) is 0.645. The van der Waals surface area contributed by atoms with E-state index in [-0.39, 0.29) is 16.8 Å². The molecule has 0 radical (unpaired) electrons. The standard InChI is InChI=1S/C19H21BrN2O/c1-13(2)19(20)22-12-15-8-9-21-11-16(15)18(23)17(22)10-14-6-4-3-5-7-14/h3-9,11-13,17,19,21H,10H2,1-2H3. The van der Waals surface area contributed by atoms with Gasteiger partial charge in [0, 0.05) is 36.2 Å². The number of alkyl halides is 1. The van der Waals surface area contributed by atoms with E-state index in [0.717, 1.165) is 11.1 Å². The molecule has 0 saturated heterocycles. The average Bonchev–Trinajstić information content (AvgIpc) is 2.57. The lowest BCUT2D eigenvalue weighted by Crippen LogP contribution is -2.48. The topological polar surface area (TPSA) is 32.3 Å². The fraction of sp³-hybridized carbons (Fsp3) is 0.316. The van der Waals surface area contributed by atoms with Crippen molar-refractivity contribution in [2.24, 2.45) is 5.92 Å². The lowest BCUT2D eigenvalue weighted by molar-refractivity contribution is -0.120. The Kier molecular flexibility index (Phi) is 4.71. The molecule has 0 aliphatic carbocycles. The number of benzene rings is 1. The van der Waals surface area contributed by atoms with E-state index in [1.807, 2.05) is 36.7 Å². The number of carbonyl (C=O) groups excluding carboxylic acids is 1. The molecule has 2 aliphatic heterocycles. The Hall–Kier alpha value is -1.81. The van der Waals surface area contributed by atoms with Gasteiger partial charge in [-0.25, -0.2) is 0 Å². The molecule has 2 unspecified atom stereocenters. The number of fused-ring (bicyclic) bond motifs is 1. The average molecular weight is 373 g/mol. The van der Waals surface area contributed by atoms with Gasteiger partial charge in [-0.05, 0) is 17.6 Å². The molecule has 3 rings (SSSR count). The molecule has 23 heavy (non-hydrogen) atoms. The smallest absolute Gasteiger partial charge is 0.187 e. The molecular formula is C19H21BrN2O. The van der Waals surface area contributed by atoms with Gasteiger partial charge in [-0.2, -0.15) is 0 Å². The number of hydrogen-bond acceptors (Lipinski definition) is 3. The van der Waals surface area contributed by atoms with Crippen LogP contribution in [0.2, 0.25) is 0 Å². The molecule has 0 saturated carbocycles. The maximum Gasteiger partial charge on any atom is 0.187 e. The van der Waals surface area contributed by atoms with Crippen LogP contribution in [0.5, 0.6) is 0 Å². The van der Waals surface area contributed by atoms with E-state index < -0.39 is 0 Å². The Labute approximate surface area is 145 Å². The normalized spacial score (nSPS) is 21.5. The first kappa shape index (κ1) is 16.1. The molecule has 1 aromatic carbocycles. The third kappa shape index (κ3) is 3.27. The lowest BCUT2D eigenvalue weighted by atomic mass is 9.88. The molecule has 0 bridgehead atoms. The Bertz CT molecular complexity index is 676. The van der Waals surface area contributed by atoms with Crippen LogP contribution in [0.3, 0.4) is 0 Å². The summed E-state index contributed by atoms with van der Waals surface area (Å²) in [7, 11) is 0. The van der Waals surface area contributed by atoms with Crippen molar-refractivity contribution in [1.82, 2.24) is 10.2 Å². The van der Waals surface area contributed by atoms with Gasteiger partial charge in [0.25, 0.3) is 0 Å². The van der Waals surface area contributed by atoms with Gasteiger partial charge in [-0.1, -0.05) is 60.1 Å². The first-order valence-electron chi connectivity index (χ1n) is 7.92. The largest absolute Gasteiger partial charge is 0.367 e. The monoisotopic (exact) mass is 372 g/mol. The van der Waals surface area contributed by atoms with E-state index in [4.69, 9.17) is 0 Å². The maximum atomic E-state index is 13.1. The molecule has 0 amide bonds. The van der Waals surface area contributed by atoms with Gasteiger partial charge in [0.05, 0.1) is 11.0 Å². The highest BCUT2D eigenvalue weighted by Crippen LogP contribution is 2.32. The number of nitrogens with one attached hydrogen (secondary N) is 1. The summed E-state index contributed by atoms with van der Waals surface area (Å²) in [5.41, 5.74) is 2.92. The van der Waals surface area contributed by atoms with Crippen molar-refractivity contribution >= 4 is 21.7 Å². The molecular weight excluding hydrogens is 352 g/mol. The minimum Gasteiger partial charge on any atom is -0.367 e. The third-order valence-corrected chi connectivity index (χ3v) is 5.75. The van der Waals surface area contributed by atoms with E-state index in [1.54, 1.807) is 0 Å². The van der Waals surface area contributed by atoms with Crippen LogP contribution in [0.4, 0.5) is 0 Å². The van der Waals surface area contributed by atoms with Crippen molar-refractivity contribution in [3.8, 4) is 0 Å². The molecule has 2 heterocycles. The summed E-state index contributed by atoms with van der Waals surface area (Å²) < 4.78 is 0. The van der Waals surface area contributed by atoms with Crippen LogP contribution in [0.15, 0.2) is 66.2 Å². The summed E-state index contributed by atoms with van der Waals surface area (Å²) >= 11 is 3.77. The fourth-order valence-corrected chi connectivity index (χ4v) is 3.36. The summed E-state index contributed by atoms with van der Waals surface area (Å²) in [6, 6.07) is 10.0. The van der Waals surface area contributed by atoms with E-state index in [9.17, 15) is 4.79 Å². The second-order valence-electron chi connectivity index (χ2n) is 6.28. The number of carbonyl (C=O) groups is 1. The molecule has 2 atom stereocenters. The second-order valence-corrected chi connectivity index (χ2v) is 7.21. The van der Waals surface area contributed by atoms with Crippen LogP contribution in [-0.4, -0.2) is 21.7 Å². The van der Waals surface area contributed by atoms with Gasteiger partial charge in [0.1, 0.15) is 0 Å². The molecule has 1 N–H and O–H groups in total. The highest BCUT2D eigenvalue weighted by atomic mass is 79.9. The molecule has 3 nitrogen and oxygen atoms in total. The highest BCUT2D eigenvalue weighted by molar-refractivity contribution is 9.09. The van der Waals surface area contributed by atoms with Gasteiger partial charge in [-0.3, -0.25) is 4.79 Å². The van der Waals surface area contributed by atoms with Crippen LogP contribution < -0.4 is 5.32 Å². The zero-order valence-electron chi connectivity index (χ0n) is 13.4. The molecule has 0 spiro atoms. The van der Waals surface area contributed by atoms with Crippen molar-refractivity contribution in [3.05, 3.63) is 71.7 Å². The number of rotatable bonds is 4. The molecule has 0 fully saturated rings. The second kappa shape index (κ2) is 6.75. The maximum absolute atomic E-state index is 13.1. The third-order valence-electron chi connectivity index (χ3n) is 4.22. The Morgan fingerprint density at radius 1 is 1.26 bits per heavy atom. The predicted molar refractivity (Wildman–Crippen MR) is 96.8 cm³/mol. The SMILES string of the molecule is CC(C)C(Br)N1C=C2C=CNC=C2C(=O)C1Cc1ccccc1. The number of hydrogen-bond donors (Lipinski definition) is 1. The van der Waals surface area contributed by atoms with Crippen molar-refractivity contribution in [1.29, 1.82) is 0 Å². The van der Waals surface area contributed by atoms with E-state index in [0.29, 0.717) is 12.3 Å². The number of nitrogens with zero attached hydrogens (tertiary/aromatic N) is 1. The van der Waals surface area contributed by atoms with E-state index in [2.05, 4.69) is 58.3 Å². The summed E-state index contributed by atoms with van der Waals surface area (Å²) in [6.07, 6.45) is 8.44. The van der Waals surface area contributed by atoms with Crippen LogP contribution in [-0.2, 0) is 11.2 Å². The summed E-state index contributed by atoms with van der Waals surface area (Å²) in [5, 5.41) is 3.03. The van der Waals surface area contributed by atoms with Gasteiger partial charge < -0.3 is 10.2 Å². The summed E-state index contributed by atoms with van der Waals surface area (Å²) in [5.74, 6) is 0.572. The first-order chi connectivity index (χ1) is 11.1. The summed E-state index contributed by atoms with van der Waals surface area (Å²) in [6.45, 7) is 4.32. The van der Waals surface area contributed by atoms with Crippen molar-refractivity contribution < 1.29 is 4.79 Å². The Morgan fingerprint density at radius 2 is 2.00 bits per heavy atom. The minimum absolute atomic E-state index is 0.123. The molecule has 4 heteroatoms. The van der Waals surface area contributed by atoms with Crippen molar-refractivity contribution in [3.63, 3.8) is 0 Å². The minimum atomic E-state index is -0.188. The fourth-order valence-electron chi connectivity index (χ4n) is 2.96. The number of dihydropyridines is 1. The van der Waals surface area contributed by atoms with E-state index in [1.165, 1.54) is 5.56 Å². The molecule has 1 aromatic rings. The molecule has 120 valence electrons. The van der Waals surface area contributed by atoms with Crippen molar-refractivity contribution in [2.75, 3.05) is 0 Å². The van der Waals surface area contributed by atoms with Gasteiger partial charge >= 0.3 is 0 Å². The number of Topliss-reactive ketones (excluding diaryl/α,β-unsaturated/α-hetero) is 1.